The van der Waals surface area contributed by atoms with Gasteiger partial charge in [-0.15, -0.1) is 0 Å². The quantitative estimate of drug-likeness (QED) is 0.863. The summed E-state index contributed by atoms with van der Waals surface area (Å²) in [5.41, 5.74) is 1.09. The van der Waals surface area contributed by atoms with Crippen LogP contribution in [0.2, 0.25) is 0 Å². The average molecular weight is 311 g/mol. The summed E-state index contributed by atoms with van der Waals surface area (Å²) in [4.78, 5) is 0. The van der Waals surface area contributed by atoms with Gasteiger partial charge in [0.2, 0.25) is 10.0 Å². The smallest absolute Gasteiger partial charge is 0.214 e. The van der Waals surface area contributed by atoms with E-state index in [1.165, 1.54) is 0 Å². The van der Waals surface area contributed by atoms with Crippen LogP contribution in [0.15, 0.2) is 30.3 Å². The van der Waals surface area contributed by atoms with E-state index < -0.39 is 10.0 Å². The molecule has 21 heavy (non-hydrogen) atoms. The predicted octanol–water partition coefficient (Wildman–Crippen LogP) is 1.44. The fourth-order valence-electron chi connectivity index (χ4n) is 2.49. The lowest BCUT2D eigenvalue weighted by Crippen LogP contribution is -2.51. The second-order valence-corrected chi connectivity index (χ2v) is 7.66. The third-order valence-electron chi connectivity index (χ3n) is 3.88. The Hall–Kier alpha value is -0.950. The lowest BCUT2D eigenvalue weighted by molar-refractivity contribution is -0.0572. The van der Waals surface area contributed by atoms with Crippen LogP contribution in [-0.2, 0) is 26.1 Å². The molecule has 1 aromatic carbocycles. The van der Waals surface area contributed by atoms with E-state index in [9.17, 15) is 8.42 Å². The van der Waals surface area contributed by atoms with Gasteiger partial charge in [-0.1, -0.05) is 30.3 Å². The zero-order chi connectivity index (χ0) is 14.7. The van der Waals surface area contributed by atoms with Crippen LogP contribution in [0.5, 0.6) is 0 Å². The molecule has 5 nitrogen and oxygen atoms in total. The van der Waals surface area contributed by atoms with Crippen molar-refractivity contribution in [3.63, 3.8) is 0 Å². The average Bonchev–Trinajstić information content (AvgIpc) is 3.32. The first-order chi connectivity index (χ1) is 10.1. The molecule has 2 atom stereocenters. The number of nitrogens with one attached hydrogen (secondary N) is 1. The van der Waals surface area contributed by atoms with Crippen LogP contribution in [0.1, 0.15) is 24.8 Å². The van der Waals surface area contributed by atoms with E-state index in [0.717, 1.165) is 18.4 Å². The van der Waals surface area contributed by atoms with Crippen molar-refractivity contribution in [2.45, 2.75) is 43.3 Å². The van der Waals surface area contributed by atoms with Gasteiger partial charge in [-0.3, -0.25) is 0 Å². The minimum Gasteiger partial charge on any atom is -0.380 e. The molecule has 0 amide bonds. The van der Waals surface area contributed by atoms with Crippen molar-refractivity contribution in [3.8, 4) is 0 Å². The van der Waals surface area contributed by atoms with Crippen LogP contribution in [0.25, 0.3) is 0 Å². The fourth-order valence-corrected chi connectivity index (χ4v) is 4.08. The Morgan fingerprint density at radius 1 is 1.19 bits per heavy atom. The minimum atomic E-state index is -3.21. The van der Waals surface area contributed by atoms with Crippen molar-refractivity contribution >= 4 is 10.0 Å². The van der Waals surface area contributed by atoms with Crippen LogP contribution < -0.4 is 4.72 Å². The van der Waals surface area contributed by atoms with E-state index in [2.05, 4.69) is 4.72 Å². The van der Waals surface area contributed by atoms with Gasteiger partial charge >= 0.3 is 0 Å². The predicted molar refractivity (Wildman–Crippen MR) is 79.3 cm³/mol. The van der Waals surface area contributed by atoms with Gasteiger partial charge in [0.15, 0.2) is 0 Å². The van der Waals surface area contributed by atoms with Crippen molar-refractivity contribution in [1.29, 1.82) is 0 Å². The number of rotatable bonds is 6. The molecule has 0 radical (unpaired) electrons. The molecule has 1 saturated heterocycles. The molecule has 0 aromatic heterocycles. The highest BCUT2D eigenvalue weighted by molar-refractivity contribution is 7.90. The lowest BCUT2D eigenvalue weighted by Gasteiger charge is -2.32. The molecule has 0 unspecified atom stereocenters. The highest BCUT2D eigenvalue weighted by Gasteiger charge is 2.39. The molecule has 6 heteroatoms. The van der Waals surface area contributed by atoms with Crippen LogP contribution in [0.3, 0.4) is 0 Å². The minimum absolute atomic E-state index is 0.132. The lowest BCUT2D eigenvalue weighted by atomic mass is 10.1. The van der Waals surface area contributed by atoms with Gasteiger partial charge in [0.1, 0.15) is 0 Å². The van der Waals surface area contributed by atoms with Crippen molar-refractivity contribution in [3.05, 3.63) is 35.9 Å². The second kappa shape index (κ2) is 6.44. The van der Waals surface area contributed by atoms with E-state index >= 15 is 0 Å². The highest BCUT2D eigenvalue weighted by Crippen LogP contribution is 2.28. The Labute approximate surface area is 125 Å². The maximum atomic E-state index is 12.1. The van der Waals surface area contributed by atoms with E-state index in [0.29, 0.717) is 26.2 Å². The first kappa shape index (κ1) is 15.0. The van der Waals surface area contributed by atoms with Crippen LogP contribution in [0, 0.1) is 0 Å². The van der Waals surface area contributed by atoms with Gasteiger partial charge in [0.25, 0.3) is 0 Å². The van der Waals surface area contributed by atoms with Gasteiger partial charge in [0, 0.05) is 6.61 Å². The van der Waals surface area contributed by atoms with Crippen molar-refractivity contribution in [2.24, 2.45) is 0 Å². The summed E-state index contributed by atoms with van der Waals surface area (Å²) >= 11 is 0. The molecular weight excluding hydrogens is 290 g/mol. The maximum absolute atomic E-state index is 12.1. The molecule has 3 rings (SSSR count). The molecule has 0 spiro atoms. The Morgan fingerprint density at radius 2 is 1.95 bits per heavy atom. The SMILES string of the molecule is O=S(=O)(N[C@@H]1COCC[C@@H]1OCc1ccccc1)C1CC1. The number of ether oxygens (including phenoxy) is 2. The zero-order valence-electron chi connectivity index (χ0n) is 11.9. The maximum Gasteiger partial charge on any atom is 0.214 e. The molecule has 0 bridgehead atoms. The summed E-state index contributed by atoms with van der Waals surface area (Å²) in [6.07, 6.45) is 2.11. The third-order valence-corrected chi connectivity index (χ3v) is 5.86. The second-order valence-electron chi connectivity index (χ2n) is 5.67. The summed E-state index contributed by atoms with van der Waals surface area (Å²) in [6, 6.07) is 9.62. The third kappa shape index (κ3) is 4.03. The molecule has 1 aliphatic heterocycles. The Balaban J connectivity index is 1.59. The number of hydrogen-bond donors (Lipinski definition) is 1. The zero-order valence-corrected chi connectivity index (χ0v) is 12.7. The first-order valence-electron chi connectivity index (χ1n) is 7.39. The first-order valence-corrected chi connectivity index (χ1v) is 8.94. The number of sulfonamides is 1. The van der Waals surface area contributed by atoms with Gasteiger partial charge < -0.3 is 9.47 Å². The standard InChI is InChI=1S/C15H21NO4S/c17-21(18,13-6-7-13)16-14-11-19-9-8-15(14)20-10-12-4-2-1-3-5-12/h1-5,13-16H,6-11H2/t14-,15+/m1/s1. The largest absolute Gasteiger partial charge is 0.380 e. The van der Waals surface area contributed by atoms with Gasteiger partial charge in [0.05, 0.1) is 30.6 Å². The van der Waals surface area contributed by atoms with Crippen LogP contribution >= 0.6 is 0 Å². The molecule has 1 N–H and O–H groups in total. The van der Waals surface area contributed by atoms with Gasteiger partial charge in [-0.2, -0.15) is 0 Å². The van der Waals surface area contributed by atoms with E-state index in [1.807, 2.05) is 30.3 Å². The summed E-state index contributed by atoms with van der Waals surface area (Å²) in [7, 11) is -3.21. The normalized spacial score (nSPS) is 26.7. The Bertz CT molecular complexity index is 556. The Morgan fingerprint density at radius 3 is 2.67 bits per heavy atom. The summed E-state index contributed by atoms with van der Waals surface area (Å²) in [5, 5.41) is -0.214. The molecule has 1 aromatic rings. The van der Waals surface area contributed by atoms with Gasteiger partial charge in [-0.25, -0.2) is 13.1 Å². The van der Waals surface area contributed by atoms with E-state index in [-0.39, 0.29) is 17.4 Å². The summed E-state index contributed by atoms with van der Waals surface area (Å²) < 4.78 is 38.2. The molecule has 116 valence electrons. The molecule has 2 aliphatic rings. The topological polar surface area (TPSA) is 64.6 Å². The van der Waals surface area contributed by atoms with E-state index in [1.54, 1.807) is 0 Å². The fraction of sp³-hybridized carbons (Fsp3) is 0.600. The van der Waals surface area contributed by atoms with Crippen molar-refractivity contribution < 1.29 is 17.9 Å². The van der Waals surface area contributed by atoms with Crippen LogP contribution in [-0.4, -0.2) is 39.0 Å². The van der Waals surface area contributed by atoms with Crippen LogP contribution in [0.4, 0.5) is 0 Å². The molecule has 1 saturated carbocycles. The van der Waals surface area contributed by atoms with Gasteiger partial charge in [-0.05, 0) is 24.8 Å². The Kier molecular flexibility index (Phi) is 4.59. The number of hydrogen-bond acceptors (Lipinski definition) is 4. The molecular formula is C15H21NO4S. The van der Waals surface area contributed by atoms with E-state index in [4.69, 9.17) is 9.47 Å². The highest BCUT2D eigenvalue weighted by atomic mass is 32.2. The summed E-state index contributed by atoms with van der Waals surface area (Å²) in [6.45, 7) is 1.49. The number of benzene rings is 1. The summed E-state index contributed by atoms with van der Waals surface area (Å²) in [5.74, 6) is 0. The molecule has 1 aliphatic carbocycles. The molecule has 2 fully saturated rings. The van der Waals surface area contributed by atoms with Crippen molar-refractivity contribution in [2.75, 3.05) is 13.2 Å². The monoisotopic (exact) mass is 311 g/mol. The molecule has 1 heterocycles. The van der Waals surface area contributed by atoms with Crippen molar-refractivity contribution in [1.82, 2.24) is 4.72 Å².